The molecule has 1 aromatic carbocycles. The third kappa shape index (κ3) is 4.06. The van der Waals surface area contributed by atoms with Crippen molar-refractivity contribution in [2.24, 2.45) is 29.1 Å². The number of aryl methyl sites for hydroxylation is 1. The Labute approximate surface area is 173 Å². The Kier molecular flexibility index (Phi) is 5.43. The van der Waals surface area contributed by atoms with Crippen molar-refractivity contribution in [2.45, 2.75) is 71.9 Å². The molecule has 1 unspecified atom stereocenters. The summed E-state index contributed by atoms with van der Waals surface area (Å²) in [5.41, 5.74) is 1.04. The molecule has 4 nitrogen and oxygen atoms in total. The molecule has 1 aromatic rings. The Morgan fingerprint density at radius 3 is 2.21 bits per heavy atom. The summed E-state index contributed by atoms with van der Waals surface area (Å²) in [6.45, 7) is 5.88. The molecule has 2 amide bonds. The molecule has 1 atom stereocenters. The van der Waals surface area contributed by atoms with E-state index in [9.17, 15) is 14.0 Å². The maximum atomic E-state index is 13.8. The van der Waals surface area contributed by atoms with Crippen LogP contribution in [0.25, 0.3) is 0 Å². The second-order valence-corrected chi connectivity index (χ2v) is 10.2. The summed E-state index contributed by atoms with van der Waals surface area (Å²) >= 11 is 0. The van der Waals surface area contributed by atoms with Gasteiger partial charge in [0.1, 0.15) is 11.9 Å². The molecule has 0 aromatic heterocycles. The molecule has 0 radical (unpaired) electrons. The van der Waals surface area contributed by atoms with Gasteiger partial charge in [0.05, 0.1) is 0 Å². The average Bonchev–Trinajstić information content (AvgIpc) is 2.65. The van der Waals surface area contributed by atoms with Gasteiger partial charge in [-0.15, -0.1) is 0 Å². The van der Waals surface area contributed by atoms with Gasteiger partial charge < -0.3 is 10.6 Å². The molecule has 4 aliphatic carbocycles. The monoisotopic (exact) mass is 400 g/mol. The molecule has 4 aliphatic rings. The average molecular weight is 401 g/mol. The van der Waals surface area contributed by atoms with Gasteiger partial charge in [-0.05, 0) is 86.3 Å². The first kappa shape index (κ1) is 20.4. The van der Waals surface area contributed by atoms with Crippen molar-refractivity contribution in [3.63, 3.8) is 0 Å². The number of hydrogen-bond donors (Lipinski definition) is 2. The predicted octanol–water partition coefficient (Wildman–Crippen LogP) is 4.11. The minimum Gasteiger partial charge on any atom is -0.350 e. The highest BCUT2D eigenvalue weighted by Crippen LogP contribution is 2.60. The van der Waals surface area contributed by atoms with Crippen LogP contribution in [0.5, 0.6) is 0 Å². The summed E-state index contributed by atoms with van der Waals surface area (Å²) in [5, 5.41) is 5.99. The smallest absolute Gasteiger partial charge is 0.243 e. The normalized spacial score (nSPS) is 31.0. The molecule has 4 saturated carbocycles. The second-order valence-electron chi connectivity index (χ2n) is 10.2. The Bertz CT molecular complexity index is 769. The molecule has 158 valence electrons. The van der Waals surface area contributed by atoms with Gasteiger partial charge in [0.25, 0.3) is 0 Å². The van der Waals surface area contributed by atoms with E-state index >= 15 is 0 Å². The molecular formula is C24H33FN2O2. The third-order valence-electron chi connectivity index (χ3n) is 7.46. The zero-order valence-electron chi connectivity index (χ0n) is 17.8. The van der Waals surface area contributed by atoms with Gasteiger partial charge in [0.15, 0.2) is 0 Å². The number of carbonyl (C=O) groups is 2. The van der Waals surface area contributed by atoms with Crippen molar-refractivity contribution < 1.29 is 14.0 Å². The first-order chi connectivity index (χ1) is 13.8. The van der Waals surface area contributed by atoms with E-state index in [1.54, 1.807) is 13.0 Å². The van der Waals surface area contributed by atoms with E-state index in [1.165, 1.54) is 25.3 Å². The van der Waals surface area contributed by atoms with E-state index in [2.05, 4.69) is 10.6 Å². The topological polar surface area (TPSA) is 58.2 Å². The van der Waals surface area contributed by atoms with Gasteiger partial charge >= 0.3 is 0 Å². The van der Waals surface area contributed by atoms with Crippen LogP contribution in [0.2, 0.25) is 0 Å². The zero-order chi connectivity index (χ0) is 20.8. The first-order valence-corrected chi connectivity index (χ1v) is 11.1. The van der Waals surface area contributed by atoms with Crippen LogP contribution in [0.3, 0.4) is 0 Å². The lowest BCUT2D eigenvalue weighted by Gasteiger charge is -2.55. The summed E-state index contributed by atoms with van der Waals surface area (Å²) in [6.07, 6.45) is 6.81. The number of halogens is 1. The van der Waals surface area contributed by atoms with E-state index in [4.69, 9.17) is 0 Å². The van der Waals surface area contributed by atoms with Crippen LogP contribution in [0, 0.1) is 41.8 Å². The Morgan fingerprint density at radius 2 is 1.69 bits per heavy atom. The predicted molar refractivity (Wildman–Crippen MR) is 110 cm³/mol. The summed E-state index contributed by atoms with van der Waals surface area (Å²) < 4.78 is 13.8. The van der Waals surface area contributed by atoms with Crippen LogP contribution in [0.4, 0.5) is 4.39 Å². The molecule has 29 heavy (non-hydrogen) atoms. The molecule has 4 fully saturated rings. The molecule has 5 heteroatoms. The number of rotatable bonds is 6. The lowest BCUT2D eigenvalue weighted by Crippen LogP contribution is -2.58. The number of nitrogens with one attached hydrogen (secondary N) is 2. The van der Waals surface area contributed by atoms with Crippen molar-refractivity contribution >= 4 is 11.8 Å². The summed E-state index contributed by atoms with van der Waals surface area (Å²) in [5.74, 6) is 1.67. The SMILES string of the molecule is Cc1ccc(CNC(=O)C(NC(=O)C23CC4CC(CC(C4)C2)C3)C(C)C)cc1F. The number of carbonyl (C=O) groups excluding carboxylic acids is 2. The lowest BCUT2D eigenvalue weighted by atomic mass is 9.49. The Hall–Kier alpha value is -1.91. The minimum absolute atomic E-state index is 0.0115. The van der Waals surface area contributed by atoms with Crippen LogP contribution in [-0.2, 0) is 16.1 Å². The fraction of sp³-hybridized carbons (Fsp3) is 0.667. The maximum absolute atomic E-state index is 13.8. The van der Waals surface area contributed by atoms with Crippen LogP contribution in [0.15, 0.2) is 18.2 Å². The highest BCUT2D eigenvalue weighted by Gasteiger charge is 2.55. The van der Waals surface area contributed by atoms with E-state index in [0.29, 0.717) is 23.3 Å². The van der Waals surface area contributed by atoms with Gasteiger partial charge in [-0.1, -0.05) is 26.0 Å². The molecule has 5 rings (SSSR count). The largest absolute Gasteiger partial charge is 0.350 e. The van der Waals surface area contributed by atoms with E-state index in [0.717, 1.165) is 24.8 Å². The highest BCUT2D eigenvalue weighted by molar-refractivity contribution is 5.90. The quantitative estimate of drug-likeness (QED) is 0.755. The van der Waals surface area contributed by atoms with Gasteiger partial charge in [0.2, 0.25) is 11.8 Å². The maximum Gasteiger partial charge on any atom is 0.243 e. The van der Waals surface area contributed by atoms with Crippen molar-refractivity contribution in [1.29, 1.82) is 0 Å². The Morgan fingerprint density at radius 1 is 1.10 bits per heavy atom. The van der Waals surface area contributed by atoms with Gasteiger partial charge in [-0.25, -0.2) is 4.39 Å². The van der Waals surface area contributed by atoms with Crippen LogP contribution < -0.4 is 10.6 Å². The minimum atomic E-state index is -0.564. The number of hydrogen-bond acceptors (Lipinski definition) is 2. The van der Waals surface area contributed by atoms with Crippen molar-refractivity contribution in [2.75, 3.05) is 0 Å². The van der Waals surface area contributed by atoms with Gasteiger partial charge in [-0.2, -0.15) is 0 Å². The van der Waals surface area contributed by atoms with Crippen LogP contribution in [-0.4, -0.2) is 17.9 Å². The molecule has 0 saturated heterocycles. The van der Waals surface area contributed by atoms with Gasteiger partial charge in [-0.3, -0.25) is 9.59 Å². The summed E-state index contributed by atoms with van der Waals surface area (Å²) in [6, 6.07) is 4.42. The number of benzene rings is 1. The van der Waals surface area contributed by atoms with E-state index < -0.39 is 6.04 Å². The van der Waals surface area contributed by atoms with Crippen molar-refractivity contribution in [3.8, 4) is 0 Å². The molecule has 0 heterocycles. The van der Waals surface area contributed by atoms with Crippen molar-refractivity contribution in [1.82, 2.24) is 10.6 Å². The van der Waals surface area contributed by atoms with Crippen molar-refractivity contribution in [3.05, 3.63) is 35.1 Å². The standard InChI is InChI=1S/C24H33FN2O2/c1-14(2)21(22(28)26-13-16-5-4-15(3)20(25)9-16)27-23(29)24-10-17-6-18(11-24)8-19(7-17)12-24/h4-5,9,14,17-19,21H,6-8,10-13H2,1-3H3,(H,26,28)(H,27,29). The fourth-order valence-electron chi connectivity index (χ4n) is 6.26. The molecule has 0 aliphatic heterocycles. The van der Waals surface area contributed by atoms with Crippen LogP contribution >= 0.6 is 0 Å². The summed E-state index contributed by atoms with van der Waals surface area (Å²) in [7, 11) is 0. The number of amides is 2. The summed E-state index contributed by atoms with van der Waals surface area (Å²) in [4.78, 5) is 26.2. The first-order valence-electron chi connectivity index (χ1n) is 11.1. The third-order valence-corrected chi connectivity index (χ3v) is 7.46. The molecule has 2 N–H and O–H groups in total. The lowest BCUT2D eigenvalue weighted by molar-refractivity contribution is -0.149. The molecule has 0 spiro atoms. The highest BCUT2D eigenvalue weighted by atomic mass is 19.1. The zero-order valence-corrected chi connectivity index (χ0v) is 17.8. The van der Waals surface area contributed by atoms with E-state index in [1.807, 2.05) is 19.9 Å². The second kappa shape index (κ2) is 7.73. The van der Waals surface area contributed by atoms with E-state index in [-0.39, 0.29) is 35.5 Å². The fourth-order valence-corrected chi connectivity index (χ4v) is 6.26. The molecule has 4 bridgehead atoms. The van der Waals surface area contributed by atoms with Gasteiger partial charge in [0, 0.05) is 12.0 Å². The molecular weight excluding hydrogens is 367 g/mol. The Balaban J connectivity index is 1.40. The van der Waals surface area contributed by atoms with Crippen LogP contribution in [0.1, 0.15) is 63.5 Å².